The van der Waals surface area contributed by atoms with Gasteiger partial charge in [-0.3, -0.25) is 0 Å². The van der Waals surface area contributed by atoms with Gasteiger partial charge in [0.05, 0.1) is 5.60 Å². The Hall–Kier alpha value is -0.470. The molecule has 1 heterocycles. The largest absolute Gasteiger partial charge is 0.389 e. The van der Waals surface area contributed by atoms with E-state index in [1.807, 2.05) is 11.8 Å². The minimum atomic E-state index is -0.445. The molecule has 1 unspecified atom stereocenters. The first kappa shape index (κ1) is 10.1. The summed E-state index contributed by atoms with van der Waals surface area (Å²) in [5, 5.41) is 10.2. The summed E-state index contributed by atoms with van der Waals surface area (Å²) in [6.45, 7) is 2.09. The van der Waals surface area contributed by atoms with Crippen LogP contribution in [0.2, 0.25) is 0 Å². The first-order chi connectivity index (χ1) is 6.68. The quantitative estimate of drug-likeness (QED) is 0.805. The molecular weight excluding hydrogens is 192 g/mol. The Kier molecular flexibility index (Phi) is 2.84. The van der Waals surface area contributed by atoms with Gasteiger partial charge in [0.25, 0.3) is 0 Å². The Morgan fingerprint density at radius 2 is 2.07 bits per heavy atom. The van der Waals surface area contributed by atoms with Crippen molar-refractivity contribution in [2.75, 3.05) is 11.5 Å². The van der Waals surface area contributed by atoms with Gasteiger partial charge in [-0.1, -0.05) is 29.8 Å². The third-order valence-corrected chi connectivity index (χ3v) is 3.97. The maximum absolute atomic E-state index is 10.2. The van der Waals surface area contributed by atoms with Crippen LogP contribution in [0.3, 0.4) is 0 Å². The Labute approximate surface area is 89.5 Å². The highest BCUT2D eigenvalue weighted by molar-refractivity contribution is 7.99. The highest BCUT2D eigenvalue weighted by Crippen LogP contribution is 2.30. The van der Waals surface area contributed by atoms with Crippen molar-refractivity contribution in [3.63, 3.8) is 0 Å². The molecule has 1 atom stereocenters. The van der Waals surface area contributed by atoms with Gasteiger partial charge in [-0.05, 0) is 24.7 Å². The highest BCUT2D eigenvalue weighted by atomic mass is 32.2. The molecule has 1 fully saturated rings. The number of aryl methyl sites for hydroxylation is 1. The van der Waals surface area contributed by atoms with Crippen LogP contribution in [0.4, 0.5) is 0 Å². The summed E-state index contributed by atoms with van der Waals surface area (Å²) < 4.78 is 0. The smallest absolute Gasteiger partial charge is 0.0785 e. The zero-order valence-corrected chi connectivity index (χ0v) is 9.31. The molecule has 1 aliphatic rings. The fourth-order valence-electron chi connectivity index (χ4n) is 1.82. The fraction of sp³-hybridized carbons (Fsp3) is 0.500. The van der Waals surface area contributed by atoms with Crippen LogP contribution in [0.25, 0.3) is 0 Å². The minimum Gasteiger partial charge on any atom is -0.389 e. The zero-order valence-electron chi connectivity index (χ0n) is 8.49. The lowest BCUT2D eigenvalue weighted by Crippen LogP contribution is -2.30. The lowest BCUT2D eigenvalue weighted by molar-refractivity contribution is 0.0686. The van der Waals surface area contributed by atoms with Crippen molar-refractivity contribution in [3.8, 4) is 0 Å². The average Bonchev–Trinajstić information content (AvgIpc) is 2.57. The summed E-state index contributed by atoms with van der Waals surface area (Å²) >= 11 is 1.85. The second-order valence-electron chi connectivity index (χ2n) is 4.19. The van der Waals surface area contributed by atoms with Crippen molar-refractivity contribution in [2.45, 2.75) is 25.4 Å². The van der Waals surface area contributed by atoms with Crippen molar-refractivity contribution >= 4 is 11.8 Å². The van der Waals surface area contributed by atoms with Crippen LogP contribution in [0.5, 0.6) is 0 Å². The number of benzene rings is 1. The Morgan fingerprint density at radius 1 is 1.36 bits per heavy atom. The predicted octanol–water partition coefficient (Wildman–Crippen LogP) is 2.41. The molecule has 1 N–H and O–H groups in total. The van der Waals surface area contributed by atoms with E-state index in [9.17, 15) is 5.11 Å². The van der Waals surface area contributed by atoms with Gasteiger partial charge in [0.2, 0.25) is 0 Å². The van der Waals surface area contributed by atoms with Crippen molar-refractivity contribution in [1.29, 1.82) is 0 Å². The van der Waals surface area contributed by atoms with Gasteiger partial charge in [0, 0.05) is 12.2 Å². The summed E-state index contributed by atoms with van der Waals surface area (Å²) in [4.78, 5) is 0. The molecule has 2 heteroatoms. The van der Waals surface area contributed by atoms with E-state index < -0.39 is 5.60 Å². The number of aliphatic hydroxyl groups is 1. The standard InChI is InChI=1S/C12H16OS/c1-10-2-4-11(5-3-10)8-12(13)6-7-14-9-12/h2-5,13H,6-9H2,1H3. The lowest BCUT2D eigenvalue weighted by Gasteiger charge is -2.21. The summed E-state index contributed by atoms with van der Waals surface area (Å²) in [6.07, 6.45) is 1.74. The second-order valence-corrected chi connectivity index (χ2v) is 5.29. The van der Waals surface area contributed by atoms with Crippen LogP contribution in [-0.4, -0.2) is 22.2 Å². The van der Waals surface area contributed by atoms with E-state index in [0.29, 0.717) is 0 Å². The Bertz CT molecular complexity index is 299. The monoisotopic (exact) mass is 208 g/mol. The van der Waals surface area contributed by atoms with Crippen molar-refractivity contribution in [2.24, 2.45) is 0 Å². The summed E-state index contributed by atoms with van der Waals surface area (Å²) in [5.74, 6) is 1.99. The molecule has 1 aliphatic heterocycles. The first-order valence-corrected chi connectivity index (χ1v) is 6.19. The van der Waals surface area contributed by atoms with E-state index in [4.69, 9.17) is 0 Å². The summed E-state index contributed by atoms with van der Waals surface area (Å²) in [5.41, 5.74) is 2.09. The normalized spacial score (nSPS) is 26.7. The molecule has 0 aliphatic carbocycles. The molecule has 1 aromatic carbocycles. The molecule has 0 amide bonds. The van der Waals surface area contributed by atoms with Gasteiger partial charge in [-0.2, -0.15) is 11.8 Å². The highest BCUT2D eigenvalue weighted by Gasteiger charge is 2.31. The molecule has 14 heavy (non-hydrogen) atoms. The third-order valence-electron chi connectivity index (χ3n) is 2.74. The lowest BCUT2D eigenvalue weighted by atomic mass is 9.94. The number of hydrogen-bond acceptors (Lipinski definition) is 2. The molecule has 0 saturated carbocycles. The van der Waals surface area contributed by atoms with E-state index in [0.717, 1.165) is 24.3 Å². The van der Waals surface area contributed by atoms with Gasteiger partial charge in [-0.25, -0.2) is 0 Å². The number of thioether (sulfide) groups is 1. The van der Waals surface area contributed by atoms with Crippen LogP contribution < -0.4 is 0 Å². The molecule has 1 saturated heterocycles. The molecule has 0 spiro atoms. The molecule has 0 aromatic heterocycles. The second kappa shape index (κ2) is 3.95. The van der Waals surface area contributed by atoms with Gasteiger partial charge in [-0.15, -0.1) is 0 Å². The van der Waals surface area contributed by atoms with Crippen LogP contribution in [-0.2, 0) is 6.42 Å². The topological polar surface area (TPSA) is 20.2 Å². The van der Waals surface area contributed by atoms with Crippen LogP contribution in [0.15, 0.2) is 24.3 Å². The molecule has 0 radical (unpaired) electrons. The zero-order chi connectivity index (χ0) is 10.0. The van der Waals surface area contributed by atoms with E-state index in [-0.39, 0.29) is 0 Å². The van der Waals surface area contributed by atoms with Crippen LogP contribution in [0, 0.1) is 6.92 Å². The third kappa shape index (κ3) is 2.31. The van der Waals surface area contributed by atoms with Gasteiger partial charge in [0.15, 0.2) is 0 Å². The molecule has 2 rings (SSSR count). The summed E-state index contributed by atoms with van der Waals surface area (Å²) in [6, 6.07) is 8.47. The van der Waals surface area contributed by atoms with E-state index in [1.54, 1.807) is 0 Å². The molecular formula is C12H16OS. The Balaban J connectivity index is 2.06. The van der Waals surface area contributed by atoms with Crippen LogP contribution in [0.1, 0.15) is 17.5 Å². The maximum Gasteiger partial charge on any atom is 0.0785 e. The van der Waals surface area contributed by atoms with E-state index in [1.165, 1.54) is 11.1 Å². The van der Waals surface area contributed by atoms with Gasteiger partial charge < -0.3 is 5.11 Å². The number of hydrogen-bond donors (Lipinski definition) is 1. The minimum absolute atomic E-state index is 0.445. The van der Waals surface area contributed by atoms with E-state index in [2.05, 4.69) is 31.2 Å². The molecule has 76 valence electrons. The SMILES string of the molecule is Cc1ccc(CC2(O)CCSC2)cc1. The van der Waals surface area contributed by atoms with Crippen molar-refractivity contribution in [3.05, 3.63) is 35.4 Å². The van der Waals surface area contributed by atoms with Crippen molar-refractivity contribution < 1.29 is 5.11 Å². The Morgan fingerprint density at radius 3 is 2.64 bits per heavy atom. The fourth-order valence-corrected chi connectivity index (χ4v) is 3.12. The first-order valence-electron chi connectivity index (χ1n) is 5.04. The van der Waals surface area contributed by atoms with Gasteiger partial charge in [0.1, 0.15) is 0 Å². The summed E-state index contributed by atoms with van der Waals surface area (Å²) in [7, 11) is 0. The predicted molar refractivity (Wildman–Crippen MR) is 61.8 cm³/mol. The molecule has 1 nitrogen and oxygen atoms in total. The van der Waals surface area contributed by atoms with Gasteiger partial charge >= 0.3 is 0 Å². The molecule has 0 bridgehead atoms. The van der Waals surface area contributed by atoms with E-state index >= 15 is 0 Å². The van der Waals surface area contributed by atoms with Crippen LogP contribution >= 0.6 is 11.8 Å². The maximum atomic E-state index is 10.2. The molecule has 1 aromatic rings. The van der Waals surface area contributed by atoms with Crippen molar-refractivity contribution in [1.82, 2.24) is 0 Å². The average molecular weight is 208 g/mol. The number of rotatable bonds is 2.